The Labute approximate surface area is 123 Å². The Hall–Kier alpha value is -0.180. The van der Waals surface area contributed by atoms with Gasteiger partial charge >= 0.3 is 0 Å². The van der Waals surface area contributed by atoms with Gasteiger partial charge in [-0.3, -0.25) is 4.99 Å². The van der Waals surface area contributed by atoms with Crippen molar-refractivity contribution >= 4 is 16.9 Å². The Bertz CT molecular complexity index is 341. The Kier molecular flexibility index (Phi) is 4.54. The summed E-state index contributed by atoms with van der Waals surface area (Å²) in [6.45, 7) is 11.7. The molecule has 110 valence electrons. The lowest BCUT2D eigenvalue weighted by Crippen LogP contribution is -2.47. The molecular weight excluding hydrogens is 252 g/mol. The van der Waals surface area contributed by atoms with Crippen LogP contribution < -0.4 is 5.32 Å². The lowest BCUT2D eigenvalue weighted by Gasteiger charge is -2.40. The van der Waals surface area contributed by atoms with Gasteiger partial charge in [-0.05, 0) is 30.1 Å². The first-order valence-corrected chi connectivity index (χ1v) is 8.75. The van der Waals surface area contributed by atoms with E-state index in [-0.39, 0.29) is 5.41 Å². The standard InChI is InChI=1S/C16H30N2S/c1-15(2,3)12-9-11-19-14(17-12)18-13-8-6-7-10-16(13,4)5/h12-13H,6-11H2,1-5H3,(H,17,18). The van der Waals surface area contributed by atoms with Crippen molar-refractivity contribution in [2.24, 2.45) is 15.8 Å². The number of aliphatic imine (C=N–C) groups is 1. The molecule has 0 bridgehead atoms. The molecule has 0 amide bonds. The van der Waals surface area contributed by atoms with Gasteiger partial charge in [0.1, 0.15) is 0 Å². The molecule has 2 aliphatic rings. The molecule has 1 N–H and O–H groups in total. The highest BCUT2D eigenvalue weighted by Crippen LogP contribution is 2.36. The first kappa shape index (κ1) is 15.2. The molecule has 1 aliphatic heterocycles. The van der Waals surface area contributed by atoms with E-state index in [4.69, 9.17) is 4.99 Å². The van der Waals surface area contributed by atoms with E-state index < -0.39 is 0 Å². The maximum atomic E-state index is 4.98. The molecule has 2 unspecified atom stereocenters. The topological polar surface area (TPSA) is 24.4 Å². The second kappa shape index (κ2) is 5.67. The van der Waals surface area contributed by atoms with Crippen LogP contribution in [0.5, 0.6) is 0 Å². The van der Waals surface area contributed by atoms with Gasteiger partial charge in [0.15, 0.2) is 5.17 Å². The van der Waals surface area contributed by atoms with Gasteiger partial charge in [0.05, 0.1) is 6.04 Å². The zero-order valence-electron chi connectivity index (χ0n) is 13.3. The van der Waals surface area contributed by atoms with Gasteiger partial charge in [0.2, 0.25) is 0 Å². The molecule has 2 rings (SSSR count). The molecule has 0 aromatic heterocycles. The quantitative estimate of drug-likeness (QED) is 0.768. The van der Waals surface area contributed by atoms with E-state index in [2.05, 4.69) is 39.9 Å². The van der Waals surface area contributed by atoms with Gasteiger partial charge in [-0.1, -0.05) is 59.2 Å². The van der Waals surface area contributed by atoms with Crippen molar-refractivity contribution in [3.05, 3.63) is 0 Å². The van der Waals surface area contributed by atoms with Crippen LogP contribution in [0.1, 0.15) is 66.7 Å². The maximum absolute atomic E-state index is 4.98. The minimum atomic E-state index is 0.288. The molecular formula is C16H30N2S. The Morgan fingerprint density at radius 3 is 2.58 bits per heavy atom. The predicted octanol–water partition coefficient (Wildman–Crippen LogP) is 4.45. The lowest BCUT2D eigenvalue weighted by molar-refractivity contribution is 0.186. The summed E-state index contributed by atoms with van der Waals surface area (Å²) in [5.41, 5.74) is 0.700. The monoisotopic (exact) mass is 282 g/mol. The summed E-state index contributed by atoms with van der Waals surface area (Å²) in [6.07, 6.45) is 6.60. The van der Waals surface area contributed by atoms with Crippen molar-refractivity contribution in [2.45, 2.75) is 78.8 Å². The van der Waals surface area contributed by atoms with Crippen molar-refractivity contribution in [3.8, 4) is 0 Å². The van der Waals surface area contributed by atoms with E-state index in [1.807, 2.05) is 11.8 Å². The molecule has 1 fully saturated rings. The number of hydrogen-bond acceptors (Lipinski definition) is 3. The van der Waals surface area contributed by atoms with Crippen molar-refractivity contribution in [3.63, 3.8) is 0 Å². The number of thioether (sulfide) groups is 1. The van der Waals surface area contributed by atoms with E-state index in [0.29, 0.717) is 17.5 Å². The molecule has 0 saturated heterocycles. The van der Waals surface area contributed by atoms with E-state index in [9.17, 15) is 0 Å². The lowest BCUT2D eigenvalue weighted by atomic mass is 9.73. The van der Waals surface area contributed by atoms with Gasteiger partial charge in [0, 0.05) is 11.8 Å². The molecule has 19 heavy (non-hydrogen) atoms. The molecule has 1 aliphatic carbocycles. The van der Waals surface area contributed by atoms with E-state index in [0.717, 1.165) is 0 Å². The molecule has 0 aromatic carbocycles. The third-order valence-electron chi connectivity index (χ3n) is 4.71. The van der Waals surface area contributed by atoms with Crippen LogP contribution in [0, 0.1) is 10.8 Å². The molecule has 1 heterocycles. The highest BCUT2D eigenvalue weighted by Gasteiger charge is 2.34. The van der Waals surface area contributed by atoms with Crippen LogP contribution in [0.25, 0.3) is 0 Å². The number of nitrogens with zero attached hydrogens (tertiary/aromatic N) is 1. The first-order chi connectivity index (χ1) is 8.79. The van der Waals surface area contributed by atoms with Crippen molar-refractivity contribution in [1.82, 2.24) is 5.32 Å². The largest absolute Gasteiger partial charge is 0.362 e. The van der Waals surface area contributed by atoms with Crippen molar-refractivity contribution in [2.75, 3.05) is 5.75 Å². The highest BCUT2D eigenvalue weighted by molar-refractivity contribution is 8.13. The molecule has 0 spiro atoms. The summed E-state index contributed by atoms with van der Waals surface area (Å²) in [6, 6.07) is 1.08. The van der Waals surface area contributed by atoms with Gasteiger partial charge in [-0.25, -0.2) is 0 Å². The summed E-state index contributed by atoms with van der Waals surface area (Å²) < 4.78 is 0. The van der Waals surface area contributed by atoms with E-state index >= 15 is 0 Å². The van der Waals surface area contributed by atoms with E-state index in [1.165, 1.54) is 43.0 Å². The van der Waals surface area contributed by atoms with Crippen molar-refractivity contribution in [1.29, 1.82) is 0 Å². The van der Waals surface area contributed by atoms with E-state index in [1.54, 1.807) is 0 Å². The fourth-order valence-electron chi connectivity index (χ4n) is 3.13. The highest BCUT2D eigenvalue weighted by atomic mass is 32.2. The summed E-state index contributed by atoms with van der Waals surface area (Å²) in [4.78, 5) is 4.98. The third kappa shape index (κ3) is 3.90. The molecule has 2 nitrogen and oxygen atoms in total. The summed E-state index contributed by atoms with van der Waals surface area (Å²) in [7, 11) is 0. The van der Waals surface area contributed by atoms with Crippen LogP contribution in [0.4, 0.5) is 0 Å². The molecule has 0 aromatic rings. The van der Waals surface area contributed by atoms with Crippen LogP contribution in [0.15, 0.2) is 4.99 Å². The van der Waals surface area contributed by atoms with Crippen LogP contribution in [0.2, 0.25) is 0 Å². The second-order valence-corrected chi connectivity index (χ2v) is 8.97. The normalized spacial score (nSPS) is 31.7. The second-order valence-electron chi connectivity index (χ2n) is 7.88. The van der Waals surface area contributed by atoms with Gasteiger partial charge < -0.3 is 5.32 Å². The van der Waals surface area contributed by atoms with Crippen LogP contribution >= 0.6 is 11.8 Å². The zero-order valence-corrected chi connectivity index (χ0v) is 14.1. The predicted molar refractivity (Wildman–Crippen MR) is 86.9 cm³/mol. The average molecular weight is 282 g/mol. The summed E-state index contributed by atoms with van der Waals surface area (Å²) in [5.74, 6) is 1.21. The molecule has 1 saturated carbocycles. The van der Waals surface area contributed by atoms with Crippen LogP contribution in [-0.4, -0.2) is 23.0 Å². The Balaban J connectivity index is 2.03. The fourth-order valence-corrected chi connectivity index (χ4v) is 4.09. The molecule has 0 radical (unpaired) electrons. The van der Waals surface area contributed by atoms with Gasteiger partial charge in [-0.15, -0.1) is 0 Å². The molecule has 3 heteroatoms. The summed E-state index contributed by atoms with van der Waals surface area (Å²) in [5, 5.41) is 4.96. The first-order valence-electron chi connectivity index (χ1n) is 7.76. The summed E-state index contributed by atoms with van der Waals surface area (Å²) >= 11 is 1.92. The Morgan fingerprint density at radius 2 is 1.95 bits per heavy atom. The van der Waals surface area contributed by atoms with Crippen LogP contribution in [-0.2, 0) is 0 Å². The average Bonchev–Trinajstić information content (AvgIpc) is 2.31. The van der Waals surface area contributed by atoms with Gasteiger partial charge in [-0.2, -0.15) is 0 Å². The number of amidine groups is 1. The SMILES string of the molecule is CC(C)(C)C1CCSC(NC2CCCCC2(C)C)=N1. The molecule has 2 atom stereocenters. The number of rotatable bonds is 1. The third-order valence-corrected chi connectivity index (χ3v) is 5.64. The maximum Gasteiger partial charge on any atom is 0.157 e. The van der Waals surface area contributed by atoms with Crippen LogP contribution in [0.3, 0.4) is 0 Å². The fraction of sp³-hybridized carbons (Fsp3) is 0.938. The number of hydrogen-bond donors (Lipinski definition) is 1. The van der Waals surface area contributed by atoms with Crippen molar-refractivity contribution < 1.29 is 0 Å². The minimum Gasteiger partial charge on any atom is -0.362 e. The smallest absolute Gasteiger partial charge is 0.157 e. The minimum absolute atomic E-state index is 0.288. The zero-order chi connectivity index (χ0) is 14.1. The number of nitrogens with one attached hydrogen (secondary N) is 1. The Morgan fingerprint density at radius 1 is 1.21 bits per heavy atom. The van der Waals surface area contributed by atoms with Gasteiger partial charge in [0.25, 0.3) is 0 Å².